The van der Waals surface area contributed by atoms with Crippen LogP contribution in [-0.2, 0) is 14.8 Å². The highest BCUT2D eigenvalue weighted by atomic mass is 35.5. The summed E-state index contributed by atoms with van der Waals surface area (Å²) in [5.41, 5.74) is 0. The molecule has 0 amide bonds. The van der Waals surface area contributed by atoms with E-state index in [0.29, 0.717) is 18.9 Å². The summed E-state index contributed by atoms with van der Waals surface area (Å²) < 4.78 is 30.7. The van der Waals surface area contributed by atoms with Crippen molar-refractivity contribution in [2.45, 2.75) is 25.3 Å². The summed E-state index contributed by atoms with van der Waals surface area (Å²) in [6.45, 7) is 1.22. The van der Waals surface area contributed by atoms with Crippen LogP contribution in [0.5, 0.6) is 0 Å². The Hall–Kier alpha value is 0.160. The molecule has 84 valence electrons. The fourth-order valence-corrected chi connectivity index (χ4v) is 3.02. The number of alkyl halides is 1. The Morgan fingerprint density at radius 3 is 2.86 bits per heavy atom. The fraction of sp³-hybridized carbons (Fsp3) is 1.00. The van der Waals surface area contributed by atoms with Gasteiger partial charge in [0.25, 0.3) is 0 Å². The number of sulfonamides is 1. The summed E-state index contributed by atoms with van der Waals surface area (Å²) in [5, 5.41) is 0. The molecule has 1 aliphatic rings. The van der Waals surface area contributed by atoms with Crippen molar-refractivity contribution in [3.63, 3.8) is 0 Å². The van der Waals surface area contributed by atoms with Gasteiger partial charge < -0.3 is 4.74 Å². The van der Waals surface area contributed by atoms with Crippen LogP contribution in [-0.4, -0.2) is 39.3 Å². The number of rotatable bonds is 5. The monoisotopic (exact) mass is 241 g/mol. The zero-order valence-corrected chi connectivity index (χ0v) is 9.61. The molecular formula is C8H16ClNO3S. The Morgan fingerprint density at radius 1 is 1.50 bits per heavy atom. The standard InChI is InChI=1S/C8H16ClNO3S/c9-4-2-6-14(11,12)10-8-3-1-5-13-7-8/h8,10H,1-7H2. The molecule has 1 fully saturated rings. The molecule has 0 spiro atoms. The highest BCUT2D eigenvalue weighted by Gasteiger charge is 2.19. The molecule has 1 aliphatic heterocycles. The molecule has 6 heteroatoms. The molecule has 1 rings (SSSR count). The van der Waals surface area contributed by atoms with Crippen molar-refractivity contribution < 1.29 is 13.2 Å². The van der Waals surface area contributed by atoms with Crippen molar-refractivity contribution in [2.24, 2.45) is 0 Å². The third kappa shape index (κ3) is 4.59. The van der Waals surface area contributed by atoms with Crippen molar-refractivity contribution in [3.8, 4) is 0 Å². The Bertz CT molecular complexity index is 249. The molecular weight excluding hydrogens is 226 g/mol. The molecule has 4 nitrogen and oxygen atoms in total. The zero-order valence-electron chi connectivity index (χ0n) is 8.04. The third-order valence-corrected chi connectivity index (χ3v) is 3.84. The van der Waals surface area contributed by atoms with E-state index in [-0.39, 0.29) is 11.8 Å². The Balaban J connectivity index is 2.33. The van der Waals surface area contributed by atoms with Crippen LogP contribution < -0.4 is 4.72 Å². The van der Waals surface area contributed by atoms with Gasteiger partial charge in [0.2, 0.25) is 10.0 Å². The molecule has 0 aliphatic carbocycles. The summed E-state index contributed by atoms with van der Waals surface area (Å²) in [7, 11) is -3.16. The quantitative estimate of drug-likeness (QED) is 0.722. The van der Waals surface area contributed by atoms with E-state index in [4.69, 9.17) is 16.3 Å². The maximum atomic E-state index is 11.4. The first kappa shape index (κ1) is 12.2. The largest absolute Gasteiger partial charge is 0.380 e. The number of hydrogen-bond donors (Lipinski definition) is 1. The first-order chi connectivity index (χ1) is 6.64. The summed E-state index contributed by atoms with van der Waals surface area (Å²) in [6, 6.07) is -0.0518. The van der Waals surface area contributed by atoms with Gasteiger partial charge in [-0.1, -0.05) is 0 Å². The van der Waals surface area contributed by atoms with Crippen molar-refractivity contribution >= 4 is 21.6 Å². The second-order valence-electron chi connectivity index (χ2n) is 3.39. The lowest BCUT2D eigenvalue weighted by molar-refractivity contribution is 0.0774. The smallest absolute Gasteiger partial charge is 0.211 e. The van der Waals surface area contributed by atoms with E-state index < -0.39 is 10.0 Å². The maximum Gasteiger partial charge on any atom is 0.211 e. The Labute approximate surface area is 90.0 Å². The molecule has 1 heterocycles. The lowest BCUT2D eigenvalue weighted by Crippen LogP contribution is -2.41. The Kier molecular flexibility index (Phi) is 5.15. The van der Waals surface area contributed by atoms with Crippen molar-refractivity contribution in [3.05, 3.63) is 0 Å². The normalized spacial score (nSPS) is 23.6. The molecule has 14 heavy (non-hydrogen) atoms. The van der Waals surface area contributed by atoms with Gasteiger partial charge in [0, 0.05) is 18.5 Å². The van der Waals surface area contributed by atoms with Crippen LogP contribution >= 0.6 is 11.6 Å². The van der Waals surface area contributed by atoms with Crippen LogP contribution in [0.2, 0.25) is 0 Å². The molecule has 0 aromatic rings. The number of hydrogen-bond acceptors (Lipinski definition) is 3. The number of ether oxygens (including phenoxy) is 1. The molecule has 0 bridgehead atoms. The minimum atomic E-state index is -3.16. The minimum absolute atomic E-state index is 0.0518. The average Bonchev–Trinajstić information content (AvgIpc) is 2.16. The van der Waals surface area contributed by atoms with Gasteiger partial charge in [-0.2, -0.15) is 0 Å². The van der Waals surface area contributed by atoms with Gasteiger partial charge >= 0.3 is 0 Å². The van der Waals surface area contributed by atoms with Gasteiger partial charge in [0.1, 0.15) is 0 Å². The van der Waals surface area contributed by atoms with E-state index in [1.807, 2.05) is 0 Å². The predicted molar refractivity (Wildman–Crippen MR) is 56.1 cm³/mol. The third-order valence-electron chi connectivity index (χ3n) is 2.05. The van der Waals surface area contributed by atoms with Crippen LogP contribution in [0.15, 0.2) is 0 Å². The molecule has 0 radical (unpaired) electrons. The molecule has 0 saturated carbocycles. The van der Waals surface area contributed by atoms with Crippen LogP contribution in [0, 0.1) is 0 Å². The van der Waals surface area contributed by atoms with Crippen molar-refractivity contribution in [2.75, 3.05) is 24.8 Å². The lowest BCUT2D eigenvalue weighted by atomic mass is 10.1. The van der Waals surface area contributed by atoms with E-state index >= 15 is 0 Å². The van der Waals surface area contributed by atoms with Crippen LogP contribution in [0.1, 0.15) is 19.3 Å². The molecule has 0 aromatic heterocycles. The molecule has 1 unspecified atom stereocenters. The first-order valence-corrected chi connectivity index (χ1v) is 6.96. The molecule has 1 N–H and O–H groups in total. The zero-order chi connectivity index (χ0) is 10.4. The summed E-state index contributed by atoms with van der Waals surface area (Å²) in [6.07, 6.45) is 2.27. The summed E-state index contributed by atoms with van der Waals surface area (Å²) >= 11 is 5.43. The van der Waals surface area contributed by atoms with E-state index in [2.05, 4.69) is 4.72 Å². The second-order valence-corrected chi connectivity index (χ2v) is 5.64. The lowest BCUT2D eigenvalue weighted by Gasteiger charge is -2.22. The first-order valence-electron chi connectivity index (χ1n) is 4.78. The van der Waals surface area contributed by atoms with Crippen molar-refractivity contribution in [1.29, 1.82) is 0 Å². The fourth-order valence-electron chi connectivity index (χ4n) is 1.39. The van der Waals surface area contributed by atoms with Crippen LogP contribution in [0.3, 0.4) is 0 Å². The van der Waals surface area contributed by atoms with E-state index in [1.165, 1.54) is 0 Å². The topological polar surface area (TPSA) is 55.4 Å². The predicted octanol–water partition coefficient (Wildman–Crippen LogP) is 0.714. The highest BCUT2D eigenvalue weighted by molar-refractivity contribution is 7.89. The van der Waals surface area contributed by atoms with E-state index in [0.717, 1.165) is 19.4 Å². The van der Waals surface area contributed by atoms with Gasteiger partial charge in [0.15, 0.2) is 0 Å². The van der Waals surface area contributed by atoms with Gasteiger partial charge in [-0.15, -0.1) is 11.6 Å². The van der Waals surface area contributed by atoms with E-state index in [1.54, 1.807) is 0 Å². The van der Waals surface area contributed by atoms with E-state index in [9.17, 15) is 8.42 Å². The minimum Gasteiger partial charge on any atom is -0.380 e. The average molecular weight is 242 g/mol. The van der Waals surface area contributed by atoms with Gasteiger partial charge in [-0.25, -0.2) is 13.1 Å². The Morgan fingerprint density at radius 2 is 2.29 bits per heavy atom. The number of nitrogens with one attached hydrogen (secondary N) is 1. The van der Waals surface area contributed by atoms with Crippen LogP contribution in [0.25, 0.3) is 0 Å². The molecule has 1 atom stereocenters. The summed E-state index contributed by atoms with van der Waals surface area (Å²) in [4.78, 5) is 0. The number of halogens is 1. The van der Waals surface area contributed by atoms with Crippen LogP contribution in [0.4, 0.5) is 0 Å². The maximum absolute atomic E-state index is 11.4. The SMILES string of the molecule is O=S(=O)(CCCCl)NC1CCCOC1. The molecule has 0 aromatic carbocycles. The summed E-state index contributed by atoms with van der Waals surface area (Å²) in [5.74, 6) is 0.481. The second kappa shape index (κ2) is 5.90. The van der Waals surface area contributed by atoms with Gasteiger partial charge in [-0.3, -0.25) is 0 Å². The van der Waals surface area contributed by atoms with Gasteiger partial charge in [0.05, 0.1) is 12.4 Å². The molecule has 1 saturated heterocycles. The highest BCUT2D eigenvalue weighted by Crippen LogP contribution is 2.07. The van der Waals surface area contributed by atoms with Gasteiger partial charge in [-0.05, 0) is 19.3 Å². The van der Waals surface area contributed by atoms with Crippen molar-refractivity contribution in [1.82, 2.24) is 4.72 Å².